The Morgan fingerprint density at radius 3 is 1.88 bits per heavy atom. The summed E-state index contributed by atoms with van der Waals surface area (Å²) in [5, 5.41) is 21.0. The molecule has 14 heteroatoms. The summed E-state index contributed by atoms with van der Waals surface area (Å²) < 4.78 is 25.0. The van der Waals surface area contributed by atoms with Gasteiger partial charge in [-0.3, -0.25) is 4.79 Å². The second kappa shape index (κ2) is 13.8. The van der Waals surface area contributed by atoms with Gasteiger partial charge in [-0.05, 0) is 37.8 Å². The number of pyridine rings is 2. The summed E-state index contributed by atoms with van der Waals surface area (Å²) >= 11 is 0. The largest absolute Gasteiger partial charge is 0.481 e. The Morgan fingerprint density at radius 1 is 0.860 bits per heavy atom. The lowest BCUT2D eigenvalue weighted by molar-refractivity contribution is -0.172. The van der Waals surface area contributed by atoms with Crippen LogP contribution in [0.2, 0.25) is 0 Å². The van der Waals surface area contributed by atoms with Gasteiger partial charge in [-0.25, -0.2) is 24.2 Å². The lowest BCUT2D eigenvalue weighted by atomic mass is 9.86. The number of methoxy groups -OCH3 is 1. The van der Waals surface area contributed by atoms with Gasteiger partial charge in [0, 0.05) is 11.1 Å². The summed E-state index contributed by atoms with van der Waals surface area (Å²) in [6, 6.07) is 2.67. The van der Waals surface area contributed by atoms with Gasteiger partial charge in [0.15, 0.2) is 16.9 Å². The van der Waals surface area contributed by atoms with E-state index in [1.165, 1.54) is 19.2 Å². The first-order valence-corrected chi connectivity index (χ1v) is 13.9. The molecule has 14 nitrogen and oxygen atoms in total. The minimum absolute atomic E-state index is 0.00868. The number of carbonyl (C=O) groups is 4. The third-order valence-corrected chi connectivity index (χ3v) is 7.00. The average Bonchev–Trinajstić information content (AvgIpc) is 3.01. The Balaban J connectivity index is 0.000000236. The van der Waals surface area contributed by atoms with Crippen LogP contribution in [0.1, 0.15) is 96.6 Å². The topological polar surface area (TPSA) is 201 Å². The predicted octanol–water partition coefficient (Wildman–Crippen LogP) is 1.91. The minimum atomic E-state index is -1.92. The van der Waals surface area contributed by atoms with Crippen molar-refractivity contribution in [1.82, 2.24) is 9.97 Å². The minimum Gasteiger partial charge on any atom is -0.481 e. The molecule has 0 amide bonds. The van der Waals surface area contributed by atoms with Gasteiger partial charge in [0.2, 0.25) is 5.88 Å². The summed E-state index contributed by atoms with van der Waals surface area (Å²) in [4.78, 5) is 66.0. The highest BCUT2D eigenvalue weighted by atomic mass is 16.6. The van der Waals surface area contributed by atoms with Crippen LogP contribution in [0.4, 0.5) is 0 Å². The molecule has 0 radical (unpaired) electrons. The van der Waals surface area contributed by atoms with E-state index in [1.54, 1.807) is 13.8 Å². The molecule has 2 atom stereocenters. The van der Waals surface area contributed by atoms with Crippen molar-refractivity contribution in [2.75, 3.05) is 20.3 Å². The molecule has 2 aliphatic heterocycles. The lowest BCUT2D eigenvalue weighted by Gasteiger charge is -2.32. The number of H-pyrrole nitrogens is 1. The van der Waals surface area contributed by atoms with E-state index in [2.05, 4.69) is 9.97 Å². The molecule has 0 unspecified atom stereocenters. The standard InChI is InChI=1S/C15H19NO6.C14H17NO6/c1-4-6-21-13(17)11-7-10-9(12(16-11)20-3)8-22-14(18)15(10,19)5-2;1-3-5-20-12(17)10-6-9-8(11(16)15-10)7-21-13(18)14(9,19)4-2/h7,19H,4-6,8H2,1-3H3;6,19H,3-5,7H2,1-2H3,(H,15,16)/t15-;14-/m00/s1. The van der Waals surface area contributed by atoms with Gasteiger partial charge in [-0.15, -0.1) is 0 Å². The van der Waals surface area contributed by atoms with Gasteiger partial charge in [0.1, 0.15) is 18.9 Å². The van der Waals surface area contributed by atoms with Crippen molar-refractivity contribution in [2.45, 2.75) is 77.8 Å². The summed E-state index contributed by atoms with van der Waals surface area (Å²) in [7, 11) is 1.39. The Kier molecular flexibility index (Phi) is 10.6. The number of aromatic nitrogens is 2. The smallest absolute Gasteiger partial charge is 0.357 e. The van der Waals surface area contributed by atoms with Crippen LogP contribution in [0, 0.1) is 0 Å². The maximum absolute atomic E-state index is 12.0. The normalized spacial score (nSPS) is 20.3. The number of nitrogens with zero attached hydrogens (tertiary/aromatic N) is 1. The third kappa shape index (κ3) is 6.54. The third-order valence-electron chi connectivity index (χ3n) is 7.00. The lowest BCUT2D eigenvalue weighted by Crippen LogP contribution is -2.43. The zero-order valence-electron chi connectivity index (χ0n) is 24.7. The second-order valence-electron chi connectivity index (χ2n) is 9.80. The fourth-order valence-electron chi connectivity index (χ4n) is 4.48. The molecule has 2 aliphatic rings. The van der Waals surface area contributed by atoms with Crippen molar-refractivity contribution >= 4 is 23.9 Å². The predicted molar refractivity (Wildman–Crippen MR) is 147 cm³/mol. The van der Waals surface area contributed by atoms with E-state index in [1.807, 2.05) is 13.8 Å². The van der Waals surface area contributed by atoms with Crippen LogP contribution in [0.5, 0.6) is 5.88 Å². The molecule has 0 fully saturated rings. The Labute approximate surface area is 247 Å². The highest BCUT2D eigenvalue weighted by Gasteiger charge is 2.46. The van der Waals surface area contributed by atoms with Crippen molar-refractivity contribution in [3.63, 3.8) is 0 Å². The van der Waals surface area contributed by atoms with Gasteiger partial charge in [-0.1, -0.05) is 27.7 Å². The van der Waals surface area contributed by atoms with Crippen molar-refractivity contribution in [3.8, 4) is 5.88 Å². The maximum Gasteiger partial charge on any atom is 0.357 e. The average molecular weight is 605 g/mol. The molecule has 0 bridgehead atoms. The highest BCUT2D eigenvalue weighted by Crippen LogP contribution is 2.38. The molecule has 0 spiro atoms. The first kappa shape index (κ1) is 33.2. The Hall–Kier alpha value is -4.30. The molecule has 0 aliphatic carbocycles. The molecule has 0 saturated heterocycles. The number of aromatic amines is 1. The molecule has 2 aromatic rings. The molecule has 4 heterocycles. The quantitative estimate of drug-likeness (QED) is 0.277. The molecule has 2 aromatic heterocycles. The summed E-state index contributed by atoms with van der Waals surface area (Å²) in [5.41, 5.74) is -3.42. The van der Waals surface area contributed by atoms with Crippen LogP contribution in [-0.4, -0.2) is 64.4 Å². The van der Waals surface area contributed by atoms with E-state index >= 15 is 0 Å². The van der Waals surface area contributed by atoms with Crippen molar-refractivity contribution in [3.05, 3.63) is 56.1 Å². The number of ether oxygens (including phenoxy) is 5. The molecule has 43 heavy (non-hydrogen) atoms. The van der Waals surface area contributed by atoms with Crippen LogP contribution in [0.25, 0.3) is 0 Å². The monoisotopic (exact) mass is 604 g/mol. The van der Waals surface area contributed by atoms with E-state index in [9.17, 15) is 34.2 Å². The van der Waals surface area contributed by atoms with Crippen molar-refractivity contribution in [1.29, 1.82) is 0 Å². The highest BCUT2D eigenvalue weighted by molar-refractivity contribution is 5.90. The first-order valence-electron chi connectivity index (χ1n) is 13.9. The van der Waals surface area contributed by atoms with Crippen LogP contribution in [0.3, 0.4) is 0 Å². The Morgan fingerprint density at radius 2 is 1.37 bits per heavy atom. The van der Waals surface area contributed by atoms with Crippen LogP contribution < -0.4 is 10.3 Å². The zero-order valence-corrected chi connectivity index (χ0v) is 24.7. The number of aliphatic hydroxyl groups is 2. The van der Waals surface area contributed by atoms with Crippen LogP contribution in [-0.2, 0) is 53.0 Å². The fourth-order valence-corrected chi connectivity index (χ4v) is 4.48. The summed E-state index contributed by atoms with van der Waals surface area (Å²) in [6.45, 7) is 7.16. The molecule has 234 valence electrons. The van der Waals surface area contributed by atoms with Crippen LogP contribution in [0.15, 0.2) is 16.9 Å². The van der Waals surface area contributed by atoms with E-state index in [-0.39, 0.29) is 73.2 Å². The number of hydrogen-bond donors (Lipinski definition) is 3. The van der Waals surface area contributed by atoms with Gasteiger partial charge in [0.25, 0.3) is 5.56 Å². The number of hydrogen-bond acceptors (Lipinski definition) is 13. The number of fused-ring (bicyclic) bond motifs is 2. The SMILES string of the molecule is CCCOC(=O)c1cc2c(c(=O)[nH]1)COC(=O)[C@]2(O)CC.CCCOC(=O)c1cc2c(c(OC)n1)COC(=O)[C@]2(O)CC. The number of esters is 4. The number of rotatable bonds is 9. The maximum atomic E-state index is 12.0. The first-order chi connectivity index (χ1) is 20.4. The van der Waals surface area contributed by atoms with Crippen molar-refractivity contribution < 1.29 is 53.1 Å². The molecule has 3 N–H and O–H groups in total. The number of carbonyl (C=O) groups excluding carboxylic acids is 4. The molecule has 4 rings (SSSR count). The van der Waals surface area contributed by atoms with E-state index in [0.717, 1.165) is 0 Å². The fraction of sp³-hybridized carbons (Fsp3) is 0.517. The Bertz CT molecular complexity index is 1450. The number of nitrogens with one attached hydrogen (secondary N) is 1. The molecular formula is C29H36N2O12. The molecule has 0 saturated carbocycles. The van der Waals surface area contributed by atoms with Gasteiger partial charge >= 0.3 is 23.9 Å². The van der Waals surface area contributed by atoms with E-state index in [0.29, 0.717) is 18.4 Å². The second-order valence-corrected chi connectivity index (χ2v) is 9.80. The number of cyclic esters (lactones) is 2. The van der Waals surface area contributed by atoms with Crippen LogP contribution >= 0.6 is 0 Å². The van der Waals surface area contributed by atoms with Gasteiger partial charge in [-0.2, -0.15) is 0 Å². The molecular weight excluding hydrogens is 568 g/mol. The van der Waals surface area contributed by atoms with Gasteiger partial charge < -0.3 is 38.9 Å². The summed E-state index contributed by atoms with van der Waals surface area (Å²) in [6.07, 6.45) is 1.46. The van der Waals surface area contributed by atoms with Gasteiger partial charge in [0.05, 0.1) is 31.5 Å². The van der Waals surface area contributed by atoms with E-state index < -0.39 is 40.6 Å². The van der Waals surface area contributed by atoms with Crippen molar-refractivity contribution in [2.24, 2.45) is 0 Å². The summed E-state index contributed by atoms with van der Waals surface area (Å²) in [5.74, 6) is -2.76. The zero-order chi connectivity index (χ0) is 31.9. The van der Waals surface area contributed by atoms with E-state index in [4.69, 9.17) is 23.7 Å². The molecule has 0 aromatic carbocycles.